The largest absolute Gasteiger partial charge is 0.462 e. The maximum absolute atomic E-state index is 11.2. The molecule has 2 aliphatic carbocycles. The molecular formula is C11H17NO3. The number of amides is 1. The maximum atomic E-state index is 11.2. The Morgan fingerprint density at radius 3 is 2.67 bits per heavy atom. The molecule has 3 atom stereocenters. The van der Waals surface area contributed by atoms with E-state index in [-0.39, 0.29) is 0 Å². The topological polar surface area (TPSA) is 55.4 Å². The molecule has 2 saturated carbocycles. The van der Waals surface area contributed by atoms with Gasteiger partial charge in [-0.15, -0.1) is 0 Å². The first-order valence-corrected chi connectivity index (χ1v) is 5.57. The minimum absolute atomic E-state index is 0.581. The van der Waals surface area contributed by atoms with Crippen LogP contribution in [0.25, 0.3) is 0 Å². The highest BCUT2D eigenvalue weighted by atomic mass is 16.5. The predicted molar refractivity (Wildman–Crippen MR) is 54.0 cm³/mol. The van der Waals surface area contributed by atoms with Crippen LogP contribution in [0.3, 0.4) is 0 Å². The van der Waals surface area contributed by atoms with Gasteiger partial charge in [-0.1, -0.05) is 6.42 Å². The maximum Gasteiger partial charge on any atom is 0.396 e. The van der Waals surface area contributed by atoms with Crippen LogP contribution >= 0.6 is 0 Å². The number of hydrogen-bond acceptors (Lipinski definition) is 3. The van der Waals surface area contributed by atoms with E-state index >= 15 is 0 Å². The number of rotatable bonds is 2. The number of esters is 1. The molecule has 0 saturated heterocycles. The van der Waals surface area contributed by atoms with Crippen LogP contribution in [0.1, 0.15) is 25.7 Å². The van der Waals surface area contributed by atoms with Gasteiger partial charge < -0.3 is 10.1 Å². The summed E-state index contributed by atoms with van der Waals surface area (Å²) in [5, 5.41) is 2.65. The lowest BCUT2D eigenvalue weighted by molar-refractivity contribution is -0.152. The first kappa shape index (κ1) is 10.5. The van der Waals surface area contributed by atoms with Crippen molar-refractivity contribution in [1.29, 1.82) is 0 Å². The lowest BCUT2D eigenvalue weighted by Gasteiger charge is -2.21. The van der Waals surface area contributed by atoms with Crippen LogP contribution in [-0.4, -0.2) is 25.5 Å². The van der Waals surface area contributed by atoms with Crippen LogP contribution in [0.15, 0.2) is 0 Å². The lowest BCUT2D eigenvalue weighted by atomic mass is 9.89. The molecule has 0 aromatic carbocycles. The second-order valence-electron chi connectivity index (χ2n) is 4.64. The molecule has 2 aliphatic rings. The van der Waals surface area contributed by atoms with Crippen molar-refractivity contribution in [3.8, 4) is 0 Å². The highest BCUT2D eigenvalue weighted by Crippen LogP contribution is 2.47. The Balaban J connectivity index is 1.75. The summed E-state index contributed by atoms with van der Waals surface area (Å²) in [6.07, 6.45) is 5.18. The molecule has 0 aromatic heterocycles. The number of ether oxygens (including phenoxy) is 1. The molecule has 2 bridgehead atoms. The molecule has 1 amide bonds. The van der Waals surface area contributed by atoms with E-state index in [2.05, 4.69) is 10.1 Å². The molecule has 84 valence electrons. The van der Waals surface area contributed by atoms with Gasteiger partial charge in [0.15, 0.2) is 0 Å². The molecule has 4 nitrogen and oxygen atoms in total. The van der Waals surface area contributed by atoms with Crippen LogP contribution < -0.4 is 5.32 Å². The van der Waals surface area contributed by atoms with E-state index in [1.54, 1.807) is 0 Å². The first-order chi connectivity index (χ1) is 7.20. The highest BCUT2D eigenvalue weighted by molar-refractivity contribution is 6.32. The van der Waals surface area contributed by atoms with Crippen molar-refractivity contribution in [2.75, 3.05) is 13.7 Å². The van der Waals surface area contributed by atoms with Crippen LogP contribution in [0, 0.1) is 17.8 Å². The molecule has 0 aromatic rings. The Morgan fingerprint density at radius 2 is 2.13 bits per heavy atom. The SMILES string of the molecule is COC(=O)C(=O)NCC1CC2CCC1C2. The van der Waals surface area contributed by atoms with Crippen LogP contribution in [-0.2, 0) is 14.3 Å². The average molecular weight is 211 g/mol. The number of carbonyl (C=O) groups excluding carboxylic acids is 2. The Hall–Kier alpha value is -1.06. The highest BCUT2D eigenvalue weighted by Gasteiger charge is 2.39. The third-order valence-electron chi connectivity index (χ3n) is 3.78. The first-order valence-electron chi connectivity index (χ1n) is 5.57. The Morgan fingerprint density at radius 1 is 1.33 bits per heavy atom. The summed E-state index contributed by atoms with van der Waals surface area (Å²) >= 11 is 0. The summed E-state index contributed by atoms with van der Waals surface area (Å²) in [7, 11) is 1.22. The average Bonchev–Trinajstić information content (AvgIpc) is 2.86. The molecule has 0 aliphatic heterocycles. The molecule has 2 fully saturated rings. The van der Waals surface area contributed by atoms with E-state index in [0.29, 0.717) is 12.5 Å². The van der Waals surface area contributed by atoms with E-state index in [9.17, 15) is 9.59 Å². The quantitative estimate of drug-likeness (QED) is 0.540. The molecule has 0 spiro atoms. The van der Waals surface area contributed by atoms with Gasteiger partial charge >= 0.3 is 11.9 Å². The predicted octanol–water partition coefficient (Wildman–Crippen LogP) is 0.712. The molecule has 1 N–H and O–H groups in total. The van der Waals surface area contributed by atoms with Crippen molar-refractivity contribution in [2.24, 2.45) is 17.8 Å². The minimum atomic E-state index is -0.793. The third-order valence-corrected chi connectivity index (χ3v) is 3.78. The molecule has 0 heterocycles. The van der Waals surface area contributed by atoms with Crippen molar-refractivity contribution in [3.05, 3.63) is 0 Å². The van der Waals surface area contributed by atoms with Gasteiger partial charge in [0.05, 0.1) is 7.11 Å². The molecule has 4 heteroatoms. The summed E-state index contributed by atoms with van der Waals surface area (Å²) in [4.78, 5) is 22.0. The van der Waals surface area contributed by atoms with E-state index in [1.165, 1.54) is 32.8 Å². The van der Waals surface area contributed by atoms with Crippen molar-refractivity contribution in [1.82, 2.24) is 5.32 Å². The monoisotopic (exact) mass is 211 g/mol. The zero-order chi connectivity index (χ0) is 10.8. The number of methoxy groups -OCH3 is 1. The van der Waals surface area contributed by atoms with Gasteiger partial charge in [-0.25, -0.2) is 4.79 Å². The fourth-order valence-corrected chi connectivity index (χ4v) is 3.02. The fourth-order valence-electron chi connectivity index (χ4n) is 3.02. The van der Waals surface area contributed by atoms with Gasteiger partial charge in [0.1, 0.15) is 0 Å². The van der Waals surface area contributed by atoms with Crippen molar-refractivity contribution in [3.63, 3.8) is 0 Å². The number of fused-ring (bicyclic) bond motifs is 2. The number of hydrogen-bond donors (Lipinski definition) is 1. The second kappa shape index (κ2) is 4.21. The van der Waals surface area contributed by atoms with Gasteiger partial charge in [-0.3, -0.25) is 4.79 Å². The van der Waals surface area contributed by atoms with Gasteiger partial charge in [-0.2, -0.15) is 0 Å². The summed E-state index contributed by atoms with van der Waals surface area (Å²) in [5.41, 5.74) is 0. The van der Waals surface area contributed by atoms with Crippen LogP contribution in [0.4, 0.5) is 0 Å². The second-order valence-corrected chi connectivity index (χ2v) is 4.64. The molecule has 0 radical (unpaired) electrons. The van der Waals surface area contributed by atoms with Gasteiger partial charge in [0.2, 0.25) is 0 Å². The number of carbonyl (C=O) groups is 2. The summed E-state index contributed by atoms with van der Waals surface area (Å²) in [6.45, 7) is 0.634. The normalized spacial score (nSPS) is 32.7. The Kier molecular flexibility index (Phi) is 2.93. The standard InChI is InChI=1S/C11H17NO3/c1-15-11(14)10(13)12-6-9-5-7-2-3-8(9)4-7/h7-9H,2-6H2,1H3,(H,12,13). The number of nitrogens with one attached hydrogen (secondary N) is 1. The van der Waals surface area contributed by atoms with Crippen molar-refractivity contribution < 1.29 is 14.3 Å². The smallest absolute Gasteiger partial charge is 0.396 e. The van der Waals surface area contributed by atoms with Crippen molar-refractivity contribution >= 4 is 11.9 Å². The zero-order valence-corrected chi connectivity index (χ0v) is 8.99. The fraction of sp³-hybridized carbons (Fsp3) is 0.818. The van der Waals surface area contributed by atoms with E-state index < -0.39 is 11.9 Å². The van der Waals surface area contributed by atoms with Crippen LogP contribution in [0.5, 0.6) is 0 Å². The molecule has 15 heavy (non-hydrogen) atoms. The van der Waals surface area contributed by atoms with Gasteiger partial charge in [0, 0.05) is 6.54 Å². The third kappa shape index (κ3) is 2.13. The minimum Gasteiger partial charge on any atom is -0.462 e. The summed E-state index contributed by atoms with van der Waals surface area (Å²) in [6, 6.07) is 0. The Labute approximate surface area is 89.4 Å². The van der Waals surface area contributed by atoms with Gasteiger partial charge in [-0.05, 0) is 37.0 Å². The van der Waals surface area contributed by atoms with E-state index in [1.807, 2.05) is 0 Å². The zero-order valence-electron chi connectivity index (χ0n) is 8.99. The molecular weight excluding hydrogens is 194 g/mol. The van der Waals surface area contributed by atoms with Gasteiger partial charge in [0.25, 0.3) is 0 Å². The molecule has 2 rings (SSSR count). The van der Waals surface area contributed by atoms with E-state index in [4.69, 9.17) is 0 Å². The van der Waals surface area contributed by atoms with Crippen LogP contribution in [0.2, 0.25) is 0 Å². The van der Waals surface area contributed by atoms with E-state index in [0.717, 1.165) is 11.8 Å². The lowest BCUT2D eigenvalue weighted by Crippen LogP contribution is -2.36. The van der Waals surface area contributed by atoms with Crippen molar-refractivity contribution in [2.45, 2.75) is 25.7 Å². The summed E-state index contributed by atoms with van der Waals surface area (Å²) in [5.74, 6) is 0.818. The Bertz CT molecular complexity index is 277. The summed E-state index contributed by atoms with van der Waals surface area (Å²) < 4.78 is 4.34. The molecule has 3 unspecified atom stereocenters.